The van der Waals surface area contributed by atoms with Gasteiger partial charge in [0.15, 0.2) is 18.1 Å². The Morgan fingerprint density at radius 2 is 1.75 bits per heavy atom. The summed E-state index contributed by atoms with van der Waals surface area (Å²) in [4.78, 5) is 11.9. The normalized spacial score (nSPS) is 11.0. The van der Waals surface area contributed by atoms with Crippen molar-refractivity contribution >= 4 is 11.6 Å². The van der Waals surface area contributed by atoms with Crippen molar-refractivity contribution in [1.82, 2.24) is 5.43 Å². The Bertz CT molecular complexity index is 709. The topological polar surface area (TPSA) is 59.9 Å². The van der Waals surface area contributed by atoms with Gasteiger partial charge in [0.05, 0.1) is 12.8 Å². The van der Waals surface area contributed by atoms with Crippen molar-refractivity contribution in [1.29, 1.82) is 0 Å². The zero-order valence-corrected chi connectivity index (χ0v) is 14.2. The number of hydrogen-bond donors (Lipinski definition) is 1. The van der Waals surface area contributed by atoms with E-state index >= 15 is 0 Å². The highest BCUT2D eigenvalue weighted by atomic mass is 16.5. The van der Waals surface area contributed by atoms with E-state index in [1.807, 2.05) is 50.2 Å². The summed E-state index contributed by atoms with van der Waals surface area (Å²) in [5.41, 5.74) is 5.54. The number of para-hydroxylation sites is 2. The molecule has 1 N–H and O–H groups in total. The first-order chi connectivity index (χ1) is 11.6. The van der Waals surface area contributed by atoms with Crippen molar-refractivity contribution in [2.24, 2.45) is 5.10 Å². The van der Waals surface area contributed by atoms with Gasteiger partial charge in [-0.1, -0.05) is 48.9 Å². The summed E-state index contributed by atoms with van der Waals surface area (Å²) in [6.45, 7) is 3.90. The molecule has 0 radical (unpaired) electrons. The number of hydrazone groups is 1. The molecule has 2 rings (SSSR count). The maximum Gasteiger partial charge on any atom is 0.277 e. The van der Waals surface area contributed by atoms with E-state index < -0.39 is 0 Å². The molecule has 5 heteroatoms. The Labute approximate surface area is 142 Å². The highest BCUT2D eigenvalue weighted by molar-refractivity contribution is 6.00. The quantitative estimate of drug-likeness (QED) is 0.627. The fourth-order valence-corrected chi connectivity index (χ4v) is 2.14. The summed E-state index contributed by atoms with van der Waals surface area (Å²) < 4.78 is 10.6. The molecule has 0 aliphatic rings. The molecule has 0 aliphatic heterocycles. The van der Waals surface area contributed by atoms with Gasteiger partial charge < -0.3 is 9.47 Å². The molecule has 126 valence electrons. The number of aryl methyl sites for hydroxylation is 1. The smallest absolute Gasteiger partial charge is 0.277 e. The minimum atomic E-state index is -0.320. The van der Waals surface area contributed by atoms with Gasteiger partial charge in [0.1, 0.15) is 0 Å². The lowest BCUT2D eigenvalue weighted by Gasteiger charge is -2.10. The molecule has 0 unspecified atom stereocenters. The van der Waals surface area contributed by atoms with E-state index in [1.165, 1.54) is 5.56 Å². The third-order valence-electron chi connectivity index (χ3n) is 3.46. The highest BCUT2D eigenvalue weighted by Crippen LogP contribution is 2.25. The maximum absolute atomic E-state index is 11.9. The number of hydrogen-bond acceptors (Lipinski definition) is 4. The van der Waals surface area contributed by atoms with Crippen LogP contribution < -0.4 is 14.9 Å². The minimum absolute atomic E-state index is 0.130. The summed E-state index contributed by atoms with van der Waals surface area (Å²) in [6.07, 6.45) is 0.719. The number of carbonyl (C=O) groups is 1. The number of nitrogens with one attached hydrogen (secondary N) is 1. The SMILES string of the molecule is CC/C(=N/NC(=O)COc1ccccc1OC)c1ccc(C)cc1. The molecule has 2 aromatic carbocycles. The molecular formula is C19H22N2O3. The Kier molecular flexibility index (Phi) is 6.37. The monoisotopic (exact) mass is 326 g/mol. The van der Waals surface area contributed by atoms with Gasteiger partial charge >= 0.3 is 0 Å². The maximum atomic E-state index is 11.9. The number of rotatable bonds is 7. The molecule has 0 aromatic heterocycles. The van der Waals surface area contributed by atoms with Crippen LogP contribution in [0, 0.1) is 6.92 Å². The largest absolute Gasteiger partial charge is 0.493 e. The third-order valence-corrected chi connectivity index (χ3v) is 3.46. The van der Waals surface area contributed by atoms with E-state index in [2.05, 4.69) is 10.5 Å². The lowest BCUT2D eigenvalue weighted by Crippen LogP contribution is -2.26. The van der Waals surface area contributed by atoms with Crippen LogP contribution in [0.2, 0.25) is 0 Å². The summed E-state index contributed by atoms with van der Waals surface area (Å²) in [5, 5.41) is 4.20. The van der Waals surface area contributed by atoms with Crippen LogP contribution in [0.5, 0.6) is 11.5 Å². The van der Waals surface area contributed by atoms with Crippen molar-refractivity contribution in [3.8, 4) is 11.5 Å². The van der Waals surface area contributed by atoms with Gasteiger partial charge in [-0.2, -0.15) is 5.10 Å². The second-order valence-electron chi connectivity index (χ2n) is 5.25. The molecule has 0 fully saturated rings. The minimum Gasteiger partial charge on any atom is -0.493 e. The van der Waals surface area contributed by atoms with E-state index in [-0.39, 0.29) is 12.5 Å². The third kappa shape index (κ3) is 4.84. The lowest BCUT2D eigenvalue weighted by atomic mass is 10.1. The molecule has 0 saturated carbocycles. The van der Waals surface area contributed by atoms with E-state index in [0.717, 1.165) is 17.7 Å². The van der Waals surface area contributed by atoms with Crippen LogP contribution in [0.15, 0.2) is 53.6 Å². The Morgan fingerprint density at radius 3 is 2.38 bits per heavy atom. The molecule has 0 heterocycles. The lowest BCUT2D eigenvalue weighted by molar-refractivity contribution is -0.123. The Morgan fingerprint density at radius 1 is 1.08 bits per heavy atom. The molecular weight excluding hydrogens is 304 g/mol. The molecule has 2 aromatic rings. The first-order valence-corrected chi connectivity index (χ1v) is 7.82. The molecule has 24 heavy (non-hydrogen) atoms. The van der Waals surface area contributed by atoms with Crippen LogP contribution in [0.25, 0.3) is 0 Å². The van der Waals surface area contributed by atoms with E-state index in [4.69, 9.17) is 9.47 Å². The predicted octanol–water partition coefficient (Wildman–Crippen LogP) is 3.31. The van der Waals surface area contributed by atoms with Gasteiger partial charge in [-0.25, -0.2) is 5.43 Å². The zero-order valence-electron chi connectivity index (χ0n) is 14.2. The average molecular weight is 326 g/mol. The molecule has 0 saturated heterocycles. The van der Waals surface area contributed by atoms with Crippen LogP contribution in [0.4, 0.5) is 0 Å². The average Bonchev–Trinajstić information content (AvgIpc) is 2.62. The summed E-state index contributed by atoms with van der Waals surface area (Å²) in [6, 6.07) is 15.2. The van der Waals surface area contributed by atoms with Gasteiger partial charge in [-0.15, -0.1) is 0 Å². The first kappa shape index (κ1) is 17.5. The van der Waals surface area contributed by atoms with E-state index in [1.54, 1.807) is 19.2 Å². The molecule has 0 aliphatic carbocycles. The fourth-order valence-electron chi connectivity index (χ4n) is 2.14. The second kappa shape index (κ2) is 8.72. The summed E-state index contributed by atoms with van der Waals surface area (Å²) in [7, 11) is 1.56. The van der Waals surface area contributed by atoms with Crippen molar-refractivity contribution in [3.63, 3.8) is 0 Å². The Balaban J connectivity index is 1.94. The number of nitrogens with zero attached hydrogens (tertiary/aromatic N) is 1. The van der Waals surface area contributed by atoms with Gasteiger partial charge in [-0.05, 0) is 31.0 Å². The number of ether oxygens (including phenoxy) is 2. The summed E-state index contributed by atoms with van der Waals surface area (Å²) >= 11 is 0. The molecule has 0 bridgehead atoms. The highest BCUT2D eigenvalue weighted by Gasteiger charge is 2.07. The van der Waals surface area contributed by atoms with Crippen LogP contribution in [-0.4, -0.2) is 25.3 Å². The Hall–Kier alpha value is -2.82. The number of methoxy groups -OCH3 is 1. The first-order valence-electron chi connectivity index (χ1n) is 7.82. The molecule has 0 atom stereocenters. The van der Waals surface area contributed by atoms with Crippen molar-refractivity contribution in [3.05, 3.63) is 59.7 Å². The van der Waals surface area contributed by atoms with Gasteiger partial charge in [-0.3, -0.25) is 4.79 Å². The van der Waals surface area contributed by atoms with Crippen LogP contribution in [-0.2, 0) is 4.79 Å². The fraction of sp³-hybridized carbons (Fsp3) is 0.263. The summed E-state index contributed by atoms with van der Waals surface area (Å²) in [5.74, 6) is 0.787. The number of amides is 1. The predicted molar refractivity (Wildman–Crippen MR) is 94.6 cm³/mol. The van der Waals surface area contributed by atoms with Crippen molar-refractivity contribution in [2.45, 2.75) is 20.3 Å². The van der Waals surface area contributed by atoms with Crippen molar-refractivity contribution < 1.29 is 14.3 Å². The van der Waals surface area contributed by atoms with Crippen LogP contribution >= 0.6 is 0 Å². The van der Waals surface area contributed by atoms with Gasteiger partial charge in [0.25, 0.3) is 5.91 Å². The van der Waals surface area contributed by atoms with E-state index in [0.29, 0.717) is 11.5 Å². The second-order valence-corrected chi connectivity index (χ2v) is 5.25. The number of benzene rings is 2. The van der Waals surface area contributed by atoms with Crippen LogP contribution in [0.1, 0.15) is 24.5 Å². The molecule has 0 spiro atoms. The van der Waals surface area contributed by atoms with Gasteiger partial charge in [0, 0.05) is 0 Å². The standard InChI is InChI=1S/C19H22N2O3/c1-4-16(15-11-9-14(2)10-12-15)20-21-19(22)13-24-18-8-6-5-7-17(18)23-3/h5-12H,4,13H2,1-3H3,(H,21,22)/b20-16-. The zero-order chi connectivity index (χ0) is 17.4. The molecule has 1 amide bonds. The molecule has 5 nitrogen and oxygen atoms in total. The van der Waals surface area contributed by atoms with Crippen LogP contribution in [0.3, 0.4) is 0 Å². The van der Waals surface area contributed by atoms with E-state index in [9.17, 15) is 4.79 Å². The number of carbonyl (C=O) groups excluding carboxylic acids is 1. The van der Waals surface area contributed by atoms with Crippen molar-refractivity contribution in [2.75, 3.05) is 13.7 Å². The van der Waals surface area contributed by atoms with Gasteiger partial charge in [0.2, 0.25) is 0 Å².